The van der Waals surface area contributed by atoms with Crippen LogP contribution < -0.4 is 11.0 Å². The van der Waals surface area contributed by atoms with Crippen LogP contribution in [0.15, 0.2) is 29.2 Å². The Balaban J connectivity index is 2.31. The predicted octanol–water partition coefficient (Wildman–Crippen LogP) is 1.13. The van der Waals surface area contributed by atoms with E-state index in [2.05, 4.69) is 31.2 Å². The van der Waals surface area contributed by atoms with Gasteiger partial charge >= 0.3 is 5.69 Å². The summed E-state index contributed by atoms with van der Waals surface area (Å²) in [6.45, 7) is 7.86. The normalized spacial score (nSPS) is 13.3. The predicted molar refractivity (Wildman–Crippen MR) is 71.8 cm³/mol. The maximum absolute atomic E-state index is 12.1. The number of nitrogens with zero attached hydrogens (tertiary/aromatic N) is 3. The van der Waals surface area contributed by atoms with Gasteiger partial charge < -0.3 is 5.32 Å². The first-order valence-corrected chi connectivity index (χ1v) is 6.41. The zero-order valence-electron chi connectivity index (χ0n) is 11.1. The van der Waals surface area contributed by atoms with E-state index in [1.807, 2.05) is 18.2 Å². The second-order valence-electron chi connectivity index (χ2n) is 4.80. The molecule has 0 aliphatic rings. The minimum absolute atomic E-state index is 0.0749. The molecular formula is C13H20N4O. The summed E-state index contributed by atoms with van der Waals surface area (Å²) in [7, 11) is 0. The fraction of sp³-hybridized carbons (Fsp3) is 0.538. The molecule has 5 heteroatoms. The Morgan fingerprint density at radius 1 is 1.39 bits per heavy atom. The second kappa shape index (κ2) is 5.35. The summed E-state index contributed by atoms with van der Waals surface area (Å²) in [5, 5.41) is 7.74. The van der Waals surface area contributed by atoms with E-state index in [0.717, 1.165) is 6.54 Å². The first kappa shape index (κ1) is 12.8. The van der Waals surface area contributed by atoms with Crippen molar-refractivity contribution >= 4 is 5.65 Å². The van der Waals surface area contributed by atoms with Gasteiger partial charge in [0, 0.05) is 12.2 Å². The molecule has 2 heterocycles. The van der Waals surface area contributed by atoms with Crippen LogP contribution in [0.1, 0.15) is 20.8 Å². The van der Waals surface area contributed by atoms with Crippen molar-refractivity contribution in [2.75, 3.05) is 6.54 Å². The monoisotopic (exact) mass is 248 g/mol. The molecule has 1 N–H and O–H groups in total. The van der Waals surface area contributed by atoms with Gasteiger partial charge in [0.25, 0.3) is 0 Å². The Hall–Kier alpha value is -1.62. The van der Waals surface area contributed by atoms with Crippen LogP contribution in [-0.2, 0) is 6.54 Å². The number of fused-ring (bicyclic) bond motifs is 1. The molecule has 0 spiro atoms. The molecule has 0 saturated carbocycles. The van der Waals surface area contributed by atoms with Crippen LogP contribution >= 0.6 is 0 Å². The van der Waals surface area contributed by atoms with E-state index < -0.39 is 0 Å². The first-order valence-electron chi connectivity index (χ1n) is 6.41. The lowest BCUT2D eigenvalue weighted by Gasteiger charge is -2.20. The number of hydrogen-bond donors (Lipinski definition) is 1. The third-order valence-electron chi connectivity index (χ3n) is 3.13. The van der Waals surface area contributed by atoms with Crippen molar-refractivity contribution in [3.05, 3.63) is 34.9 Å². The van der Waals surface area contributed by atoms with Crippen LogP contribution in [0.4, 0.5) is 0 Å². The van der Waals surface area contributed by atoms with Gasteiger partial charge in [0.1, 0.15) is 0 Å². The quantitative estimate of drug-likeness (QED) is 0.863. The van der Waals surface area contributed by atoms with Crippen molar-refractivity contribution in [1.29, 1.82) is 0 Å². The summed E-state index contributed by atoms with van der Waals surface area (Å²) in [5.74, 6) is 0.460. The molecule has 18 heavy (non-hydrogen) atoms. The van der Waals surface area contributed by atoms with Gasteiger partial charge in [0.15, 0.2) is 5.65 Å². The molecule has 2 rings (SSSR count). The SMILES string of the molecule is CCNC(Cn1nc2ccccn2c1=O)C(C)C. The van der Waals surface area contributed by atoms with Crippen LogP contribution in [0.2, 0.25) is 0 Å². The number of rotatable bonds is 5. The smallest absolute Gasteiger partial charge is 0.312 e. The van der Waals surface area contributed by atoms with Crippen molar-refractivity contribution in [2.45, 2.75) is 33.4 Å². The lowest BCUT2D eigenvalue weighted by atomic mass is 10.0. The molecule has 0 aliphatic carbocycles. The zero-order valence-corrected chi connectivity index (χ0v) is 11.1. The molecule has 0 aliphatic heterocycles. The van der Waals surface area contributed by atoms with Crippen LogP contribution in [0.3, 0.4) is 0 Å². The zero-order chi connectivity index (χ0) is 13.1. The topological polar surface area (TPSA) is 51.3 Å². The fourth-order valence-electron chi connectivity index (χ4n) is 2.05. The Morgan fingerprint density at radius 3 is 2.78 bits per heavy atom. The van der Waals surface area contributed by atoms with Crippen molar-refractivity contribution in [1.82, 2.24) is 19.5 Å². The molecule has 0 radical (unpaired) electrons. The molecular weight excluding hydrogens is 228 g/mol. The summed E-state index contributed by atoms with van der Waals surface area (Å²) in [6, 6.07) is 5.83. The molecule has 0 aromatic carbocycles. The molecule has 1 unspecified atom stereocenters. The van der Waals surface area contributed by atoms with Gasteiger partial charge in [-0.2, -0.15) is 0 Å². The van der Waals surface area contributed by atoms with Gasteiger partial charge in [0.2, 0.25) is 0 Å². The van der Waals surface area contributed by atoms with Crippen molar-refractivity contribution < 1.29 is 0 Å². The highest BCUT2D eigenvalue weighted by Crippen LogP contribution is 2.04. The molecule has 0 amide bonds. The highest BCUT2D eigenvalue weighted by atomic mass is 16.2. The molecule has 2 aromatic heterocycles. The van der Waals surface area contributed by atoms with E-state index in [-0.39, 0.29) is 11.7 Å². The maximum Gasteiger partial charge on any atom is 0.350 e. The van der Waals surface area contributed by atoms with Gasteiger partial charge in [-0.05, 0) is 24.6 Å². The molecule has 0 fully saturated rings. The van der Waals surface area contributed by atoms with E-state index in [1.165, 1.54) is 0 Å². The van der Waals surface area contributed by atoms with Crippen LogP contribution in [0, 0.1) is 5.92 Å². The summed E-state index contributed by atoms with van der Waals surface area (Å²) < 4.78 is 3.12. The Kier molecular flexibility index (Phi) is 3.81. The van der Waals surface area contributed by atoms with E-state index in [0.29, 0.717) is 18.1 Å². The van der Waals surface area contributed by atoms with Crippen molar-refractivity contribution in [2.24, 2.45) is 5.92 Å². The van der Waals surface area contributed by atoms with Gasteiger partial charge in [-0.15, -0.1) is 5.10 Å². The lowest BCUT2D eigenvalue weighted by molar-refractivity contribution is 0.344. The van der Waals surface area contributed by atoms with E-state index in [9.17, 15) is 4.79 Å². The number of likely N-dealkylation sites (N-methyl/N-ethyl adjacent to an activating group) is 1. The number of pyridine rings is 1. The van der Waals surface area contributed by atoms with Crippen LogP contribution in [0.5, 0.6) is 0 Å². The number of hydrogen-bond acceptors (Lipinski definition) is 3. The van der Waals surface area contributed by atoms with Gasteiger partial charge in [-0.3, -0.25) is 4.40 Å². The molecule has 98 valence electrons. The average molecular weight is 248 g/mol. The fourth-order valence-corrected chi connectivity index (χ4v) is 2.05. The minimum atomic E-state index is -0.0749. The van der Waals surface area contributed by atoms with Gasteiger partial charge in [-0.1, -0.05) is 26.8 Å². The summed E-state index contributed by atoms with van der Waals surface area (Å²) in [6.07, 6.45) is 1.75. The third-order valence-corrected chi connectivity index (χ3v) is 3.13. The molecule has 1 atom stereocenters. The second-order valence-corrected chi connectivity index (χ2v) is 4.80. The summed E-state index contributed by atoms with van der Waals surface area (Å²) in [4.78, 5) is 12.1. The number of nitrogens with one attached hydrogen (secondary N) is 1. The Bertz CT molecular complexity index is 570. The average Bonchev–Trinajstić information content (AvgIpc) is 2.66. The lowest BCUT2D eigenvalue weighted by Crippen LogP contribution is -2.40. The van der Waals surface area contributed by atoms with E-state index >= 15 is 0 Å². The van der Waals surface area contributed by atoms with Crippen molar-refractivity contribution in [3.63, 3.8) is 0 Å². The standard InChI is InChI=1S/C13H20N4O/c1-4-14-11(10(2)3)9-17-13(18)16-8-6-5-7-12(16)15-17/h5-8,10-11,14H,4,9H2,1-3H3. The maximum atomic E-state index is 12.1. The van der Waals surface area contributed by atoms with Crippen molar-refractivity contribution in [3.8, 4) is 0 Å². The molecule has 0 saturated heterocycles. The van der Waals surface area contributed by atoms with Gasteiger partial charge in [-0.25, -0.2) is 9.48 Å². The molecule has 2 aromatic rings. The first-order chi connectivity index (χ1) is 8.63. The van der Waals surface area contributed by atoms with E-state index in [1.54, 1.807) is 15.3 Å². The third kappa shape index (κ3) is 2.46. The highest BCUT2D eigenvalue weighted by Gasteiger charge is 2.15. The summed E-state index contributed by atoms with van der Waals surface area (Å²) in [5.41, 5.74) is 0.621. The molecule has 0 bridgehead atoms. The van der Waals surface area contributed by atoms with Crippen LogP contribution in [-0.4, -0.2) is 26.8 Å². The van der Waals surface area contributed by atoms with Crippen LogP contribution in [0.25, 0.3) is 5.65 Å². The Labute approximate surface area is 106 Å². The molecule has 5 nitrogen and oxygen atoms in total. The largest absolute Gasteiger partial charge is 0.350 e. The Morgan fingerprint density at radius 2 is 2.17 bits per heavy atom. The number of aromatic nitrogens is 3. The summed E-state index contributed by atoms with van der Waals surface area (Å²) >= 11 is 0. The highest BCUT2D eigenvalue weighted by molar-refractivity contribution is 5.35. The van der Waals surface area contributed by atoms with E-state index in [4.69, 9.17) is 0 Å². The van der Waals surface area contributed by atoms with Gasteiger partial charge in [0.05, 0.1) is 6.54 Å². The minimum Gasteiger partial charge on any atom is -0.312 e.